The molecule has 2 nitrogen and oxygen atoms in total. The van der Waals surface area contributed by atoms with E-state index in [4.69, 9.17) is 0 Å². The van der Waals surface area contributed by atoms with Gasteiger partial charge in [0, 0.05) is 23.5 Å². The number of hydrogen-bond donors (Lipinski definition) is 1. The molecule has 0 bridgehead atoms. The molecular formula is C12H22N2S. The molecule has 0 aliphatic heterocycles. The quantitative estimate of drug-likeness (QED) is 0.722. The van der Waals surface area contributed by atoms with E-state index in [0.29, 0.717) is 6.04 Å². The lowest BCUT2D eigenvalue weighted by Gasteiger charge is -2.14. The number of thiazole rings is 1. The summed E-state index contributed by atoms with van der Waals surface area (Å²) in [5.41, 5.74) is 1.15. The second kappa shape index (κ2) is 6.96. The van der Waals surface area contributed by atoms with Crippen LogP contribution in [0.1, 0.15) is 43.3 Å². The van der Waals surface area contributed by atoms with Crippen LogP contribution in [-0.2, 0) is 6.42 Å². The van der Waals surface area contributed by atoms with Crippen LogP contribution in [0.2, 0.25) is 0 Å². The number of hydrogen-bond acceptors (Lipinski definition) is 3. The Hall–Kier alpha value is -0.410. The van der Waals surface area contributed by atoms with Crippen LogP contribution < -0.4 is 5.32 Å². The van der Waals surface area contributed by atoms with Gasteiger partial charge in [-0.05, 0) is 20.4 Å². The third-order valence-electron chi connectivity index (χ3n) is 2.65. The van der Waals surface area contributed by atoms with Crippen LogP contribution >= 0.6 is 11.3 Å². The molecule has 0 radical (unpaired) electrons. The number of aryl methyl sites for hydroxylation is 1. The van der Waals surface area contributed by atoms with Gasteiger partial charge < -0.3 is 5.32 Å². The number of nitrogens with one attached hydrogen (secondary N) is 1. The molecule has 0 aliphatic carbocycles. The van der Waals surface area contributed by atoms with Crippen molar-refractivity contribution >= 4 is 11.3 Å². The normalized spacial score (nSPS) is 13.0. The van der Waals surface area contributed by atoms with Crippen LogP contribution in [0, 0.1) is 6.92 Å². The van der Waals surface area contributed by atoms with Crippen molar-refractivity contribution in [2.24, 2.45) is 0 Å². The van der Waals surface area contributed by atoms with Crippen molar-refractivity contribution in [1.82, 2.24) is 10.3 Å². The lowest BCUT2D eigenvalue weighted by atomic mass is 10.1. The number of rotatable bonds is 7. The molecule has 15 heavy (non-hydrogen) atoms. The molecule has 1 atom stereocenters. The van der Waals surface area contributed by atoms with E-state index in [1.807, 2.05) is 0 Å². The zero-order valence-corrected chi connectivity index (χ0v) is 10.9. The highest BCUT2D eigenvalue weighted by atomic mass is 32.1. The second-order valence-corrected chi connectivity index (χ2v) is 5.01. The van der Waals surface area contributed by atoms with Gasteiger partial charge in [-0.3, -0.25) is 0 Å². The molecule has 0 fully saturated rings. The topological polar surface area (TPSA) is 24.9 Å². The standard InChI is InChI=1S/C12H22N2S/c1-4-5-6-7-11(13-3)8-12-14-10(2)9-15-12/h9,11,13H,4-8H2,1-3H3. The molecule has 1 heterocycles. The van der Waals surface area contributed by atoms with Crippen molar-refractivity contribution in [1.29, 1.82) is 0 Å². The monoisotopic (exact) mass is 226 g/mol. The fourth-order valence-electron chi connectivity index (χ4n) is 1.70. The van der Waals surface area contributed by atoms with Gasteiger partial charge in [0.05, 0.1) is 5.01 Å². The average Bonchev–Trinajstić information content (AvgIpc) is 2.63. The predicted molar refractivity (Wildman–Crippen MR) is 67.5 cm³/mol. The van der Waals surface area contributed by atoms with Gasteiger partial charge >= 0.3 is 0 Å². The maximum atomic E-state index is 4.51. The van der Waals surface area contributed by atoms with Gasteiger partial charge in [-0.25, -0.2) is 4.98 Å². The minimum atomic E-state index is 0.599. The van der Waals surface area contributed by atoms with E-state index in [1.165, 1.54) is 30.7 Å². The highest BCUT2D eigenvalue weighted by Crippen LogP contribution is 2.13. The molecule has 0 aliphatic rings. The number of likely N-dealkylation sites (N-methyl/N-ethyl adjacent to an activating group) is 1. The van der Waals surface area contributed by atoms with E-state index in [2.05, 4.69) is 36.6 Å². The van der Waals surface area contributed by atoms with Crippen molar-refractivity contribution in [2.75, 3.05) is 7.05 Å². The summed E-state index contributed by atoms with van der Waals surface area (Å²) < 4.78 is 0. The highest BCUT2D eigenvalue weighted by molar-refractivity contribution is 7.09. The summed E-state index contributed by atoms with van der Waals surface area (Å²) >= 11 is 1.78. The zero-order valence-electron chi connectivity index (χ0n) is 10.0. The zero-order chi connectivity index (χ0) is 11.1. The van der Waals surface area contributed by atoms with Crippen molar-refractivity contribution in [3.05, 3.63) is 16.1 Å². The minimum absolute atomic E-state index is 0.599. The Morgan fingerprint density at radius 2 is 2.27 bits per heavy atom. The van der Waals surface area contributed by atoms with Crippen LogP contribution in [-0.4, -0.2) is 18.1 Å². The Labute approximate surface area is 97.1 Å². The molecule has 0 spiro atoms. The van der Waals surface area contributed by atoms with E-state index in [1.54, 1.807) is 11.3 Å². The SMILES string of the molecule is CCCCCC(Cc1nc(C)cs1)NC. The Kier molecular flexibility index (Phi) is 5.88. The summed E-state index contributed by atoms with van der Waals surface area (Å²) in [5, 5.41) is 6.79. The summed E-state index contributed by atoms with van der Waals surface area (Å²) in [6, 6.07) is 0.599. The summed E-state index contributed by atoms with van der Waals surface area (Å²) in [6.07, 6.45) is 6.32. The van der Waals surface area contributed by atoms with Crippen LogP contribution in [0.3, 0.4) is 0 Å². The first-order valence-electron chi connectivity index (χ1n) is 5.84. The molecule has 1 unspecified atom stereocenters. The van der Waals surface area contributed by atoms with Crippen LogP contribution in [0.25, 0.3) is 0 Å². The lowest BCUT2D eigenvalue weighted by Crippen LogP contribution is -2.27. The van der Waals surface area contributed by atoms with E-state index in [-0.39, 0.29) is 0 Å². The third kappa shape index (κ3) is 4.76. The first kappa shape index (κ1) is 12.7. The fourth-order valence-corrected chi connectivity index (χ4v) is 2.55. The Morgan fingerprint density at radius 1 is 1.47 bits per heavy atom. The average molecular weight is 226 g/mol. The van der Waals surface area contributed by atoms with Gasteiger partial charge in [-0.2, -0.15) is 0 Å². The van der Waals surface area contributed by atoms with Gasteiger partial charge in [-0.15, -0.1) is 11.3 Å². The van der Waals surface area contributed by atoms with Gasteiger partial charge in [0.2, 0.25) is 0 Å². The number of unbranched alkanes of at least 4 members (excludes halogenated alkanes) is 2. The van der Waals surface area contributed by atoms with E-state index < -0.39 is 0 Å². The first-order chi connectivity index (χ1) is 7.26. The fraction of sp³-hybridized carbons (Fsp3) is 0.750. The third-order valence-corrected chi connectivity index (χ3v) is 3.64. The van der Waals surface area contributed by atoms with Crippen LogP contribution in [0.5, 0.6) is 0 Å². The Morgan fingerprint density at radius 3 is 2.80 bits per heavy atom. The predicted octanol–water partition coefficient (Wildman–Crippen LogP) is 3.16. The number of aromatic nitrogens is 1. The van der Waals surface area contributed by atoms with Crippen LogP contribution in [0.15, 0.2) is 5.38 Å². The first-order valence-corrected chi connectivity index (χ1v) is 6.72. The van der Waals surface area contributed by atoms with Crippen molar-refractivity contribution in [2.45, 2.75) is 52.0 Å². The maximum Gasteiger partial charge on any atom is 0.0943 e. The molecule has 86 valence electrons. The highest BCUT2D eigenvalue weighted by Gasteiger charge is 2.09. The minimum Gasteiger partial charge on any atom is -0.317 e. The van der Waals surface area contributed by atoms with Gasteiger partial charge in [0.15, 0.2) is 0 Å². The van der Waals surface area contributed by atoms with Gasteiger partial charge in [0.25, 0.3) is 0 Å². The van der Waals surface area contributed by atoms with E-state index >= 15 is 0 Å². The molecule has 1 aromatic heterocycles. The second-order valence-electron chi connectivity index (χ2n) is 4.07. The van der Waals surface area contributed by atoms with Crippen molar-refractivity contribution in [3.63, 3.8) is 0 Å². The van der Waals surface area contributed by atoms with Crippen LogP contribution in [0.4, 0.5) is 0 Å². The van der Waals surface area contributed by atoms with E-state index in [9.17, 15) is 0 Å². The molecule has 1 rings (SSSR count). The maximum absolute atomic E-state index is 4.51. The van der Waals surface area contributed by atoms with Gasteiger partial charge in [-0.1, -0.05) is 26.2 Å². The lowest BCUT2D eigenvalue weighted by molar-refractivity contribution is 0.489. The largest absolute Gasteiger partial charge is 0.317 e. The summed E-state index contributed by atoms with van der Waals surface area (Å²) in [7, 11) is 2.05. The molecule has 3 heteroatoms. The van der Waals surface area contributed by atoms with Gasteiger partial charge in [0.1, 0.15) is 0 Å². The van der Waals surface area contributed by atoms with Crippen molar-refractivity contribution in [3.8, 4) is 0 Å². The molecule has 1 N–H and O–H groups in total. The summed E-state index contributed by atoms with van der Waals surface area (Å²) in [4.78, 5) is 4.51. The smallest absolute Gasteiger partial charge is 0.0943 e. The molecular weight excluding hydrogens is 204 g/mol. The molecule has 1 aromatic rings. The number of nitrogens with zero attached hydrogens (tertiary/aromatic N) is 1. The molecule has 0 amide bonds. The summed E-state index contributed by atoms with van der Waals surface area (Å²) in [5.74, 6) is 0. The Bertz CT molecular complexity index is 270. The Balaban J connectivity index is 2.33. The molecule has 0 aromatic carbocycles. The van der Waals surface area contributed by atoms with Crippen molar-refractivity contribution < 1.29 is 0 Å². The molecule has 0 saturated carbocycles. The molecule has 0 saturated heterocycles. The summed E-state index contributed by atoms with van der Waals surface area (Å²) in [6.45, 7) is 4.31. The van der Waals surface area contributed by atoms with E-state index in [0.717, 1.165) is 12.1 Å².